The van der Waals surface area contributed by atoms with Gasteiger partial charge in [0.1, 0.15) is 5.01 Å². The van der Waals surface area contributed by atoms with Crippen LogP contribution in [0.4, 0.5) is 0 Å². The molecule has 0 saturated heterocycles. The van der Waals surface area contributed by atoms with Gasteiger partial charge in [0.15, 0.2) is 0 Å². The zero-order valence-corrected chi connectivity index (χ0v) is 10.5. The van der Waals surface area contributed by atoms with Gasteiger partial charge in [0, 0.05) is 17.0 Å². The Labute approximate surface area is 100 Å². The third-order valence-electron chi connectivity index (χ3n) is 2.47. The zero-order chi connectivity index (χ0) is 11.4. The molecule has 0 unspecified atom stereocenters. The van der Waals surface area contributed by atoms with E-state index in [1.165, 1.54) is 16.1 Å². The van der Waals surface area contributed by atoms with Crippen LogP contribution < -0.4 is 5.32 Å². The lowest BCUT2D eigenvalue weighted by Gasteiger charge is -1.96. The van der Waals surface area contributed by atoms with Crippen LogP contribution >= 0.6 is 11.3 Å². The summed E-state index contributed by atoms with van der Waals surface area (Å²) < 4.78 is 0. The van der Waals surface area contributed by atoms with Gasteiger partial charge in [0.05, 0.1) is 5.69 Å². The summed E-state index contributed by atoms with van der Waals surface area (Å²) >= 11 is 1.79. The monoisotopic (exact) mass is 232 g/mol. The van der Waals surface area contributed by atoms with Gasteiger partial charge in [-0.05, 0) is 13.5 Å². The van der Waals surface area contributed by atoms with E-state index < -0.39 is 0 Å². The van der Waals surface area contributed by atoms with Crippen molar-refractivity contribution >= 4 is 11.3 Å². The normalized spacial score (nSPS) is 10.6. The lowest BCUT2D eigenvalue weighted by atomic mass is 10.2. The lowest BCUT2D eigenvalue weighted by Crippen LogP contribution is -2.05. The third-order valence-corrected chi connectivity index (χ3v) is 3.62. The summed E-state index contributed by atoms with van der Waals surface area (Å²) in [7, 11) is 1.97. The molecule has 1 heterocycles. The van der Waals surface area contributed by atoms with Gasteiger partial charge in [-0.3, -0.25) is 0 Å². The van der Waals surface area contributed by atoms with Crippen molar-refractivity contribution in [3.8, 4) is 10.6 Å². The van der Waals surface area contributed by atoms with Gasteiger partial charge in [-0.1, -0.05) is 37.3 Å². The Morgan fingerprint density at radius 3 is 2.62 bits per heavy atom. The Kier molecular flexibility index (Phi) is 3.70. The first kappa shape index (κ1) is 11.3. The lowest BCUT2D eigenvalue weighted by molar-refractivity contribution is 0.815. The van der Waals surface area contributed by atoms with Crippen LogP contribution in [-0.4, -0.2) is 12.0 Å². The van der Waals surface area contributed by atoms with E-state index in [2.05, 4.69) is 36.5 Å². The molecule has 0 spiro atoms. The fourth-order valence-electron chi connectivity index (χ4n) is 1.66. The molecule has 0 radical (unpaired) electrons. The van der Waals surface area contributed by atoms with Gasteiger partial charge in [-0.15, -0.1) is 11.3 Å². The first-order chi connectivity index (χ1) is 7.85. The van der Waals surface area contributed by atoms with E-state index in [-0.39, 0.29) is 0 Å². The minimum atomic E-state index is 0.910. The van der Waals surface area contributed by atoms with E-state index in [0.29, 0.717) is 0 Å². The molecule has 0 aliphatic carbocycles. The van der Waals surface area contributed by atoms with E-state index in [0.717, 1.165) is 18.0 Å². The van der Waals surface area contributed by atoms with Crippen LogP contribution in [0.25, 0.3) is 10.6 Å². The number of hydrogen-bond donors (Lipinski definition) is 1. The fraction of sp³-hybridized carbons (Fsp3) is 0.308. The van der Waals surface area contributed by atoms with Gasteiger partial charge in [-0.25, -0.2) is 4.98 Å². The summed E-state index contributed by atoms with van der Waals surface area (Å²) in [6.45, 7) is 3.07. The third kappa shape index (κ3) is 2.31. The molecular formula is C13H16N2S. The van der Waals surface area contributed by atoms with Crippen LogP contribution in [0.2, 0.25) is 0 Å². The molecule has 1 N–H and O–H groups in total. The molecule has 84 valence electrons. The highest BCUT2D eigenvalue weighted by Gasteiger charge is 2.09. The molecule has 2 nitrogen and oxygen atoms in total. The van der Waals surface area contributed by atoms with Gasteiger partial charge < -0.3 is 5.32 Å². The van der Waals surface area contributed by atoms with Crippen LogP contribution in [0, 0.1) is 0 Å². The Bertz CT molecular complexity index is 448. The fourth-order valence-corrected chi connectivity index (χ4v) is 2.83. The van der Waals surface area contributed by atoms with Gasteiger partial charge in [0.25, 0.3) is 0 Å². The van der Waals surface area contributed by atoms with Gasteiger partial charge in [-0.2, -0.15) is 0 Å². The number of hydrogen-bond acceptors (Lipinski definition) is 3. The topological polar surface area (TPSA) is 24.9 Å². The standard InChI is InChI=1S/C13H16N2S/c1-3-11-12(9-14-2)16-13(15-11)10-7-5-4-6-8-10/h4-8,14H,3,9H2,1-2H3. The number of benzene rings is 1. The van der Waals surface area contributed by atoms with E-state index in [4.69, 9.17) is 4.98 Å². The van der Waals surface area contributed by atoms with Crippen LogP contribution in [0.15, 0.2) is 30.3 Å². The highest BCUT2D eigenvalue weighted by molar-refractivity contribution is 7.15. The van der Waals surface area contributed by atoms with Crippen molar-refractivity contribution in [2.24, 2.45) is 0 Å². The maximum absolute atomic E-state index is 4.70. The molecule has 0 amide bonds. The maximum atomic E-state index is 4.70. The van der Waals surface area contributed by atoms with Crippen molar-refractivity contribution in [3.05, 3.63) is 40.9 Å². The molecule has 2 aromatic rings. The maximum Gasteiger partial charge on any atom is 0.123 e. The largest absolute Gasteiger partial charge is 0.315 e. The summed E-state index contributed by atoms with van der Waals surface area (Å²) in [4.78, 5) is 6.05. The Morgan fingerprint density at radius 2 is 2.00 bits per heavy atom. The Balaban J connectivity index is 2.36. The van der Waals surface area contributed by atoms with Crippen molar-refractivity contribution < 1.29 is 0 Å². The number of aryl methyl sites for hydroxylation is 1. The molecule has 0 bridgehead atoms. The molecule has 0 aliphatic rings. The van der Waals surface area contributed by atoms with E-state index in [9.17, 15) is 0 Å². The van der Waals surface area contributed by atoms with Crippen LogP contribution in [0.5, 0.6) is 0 Å². The molecular weight excluding hydrogens is 216 g/mol. The summed E-state index contributed by atoms with van der Waals surface area (Å²) in [6.07, 6.45) is 1.00. The molecule has 16 heavy (non-hydrogen) atoms. The highest BCUT2D eigenvalue weighted by atomic mass is 32.1. The van der Waals surface area contributed by atoms with E-state index in [1.54, 1.807) is 11.3 Å². The molecule has 0 saturated carbocycles. The van der Waals surface area contributed by atoms with Crippen molar-refractivity contribution in [3.63, 3.8) is 0 Å². The van der Waals surface area contributed by atoms with Crippen LogP contribution in [0.1, 0.15) is 17.5 Å². The Morgan fingerprint density at radius 1 is 1.25 bits per heavy atom. The van der Waals surface area contributed by atoms with Gasteiger partial charge >= 0.3 is 0 Å². The highest BCUT2D eigenvalue weighted by Crippen LogP contribution is 2.28. The zero-order valence-electron chi connectivity index (χ0n) is 9.66. The predicted octanol–water partition coefficient (Wildman–Crippen LogP) is 3.09. The first-order valence-corrected chi connectivity index (χ1v) is 6.35. The number of thiazole rings is 1. The first-order valence-electron chi connectivity index (χ1n) is 5.53. The van der Waals surface area contributed by atoms with Gasteiger partial charge in [0.2, 0.25) is 0 Å². The number of rotatable bonds is 4. The predicted molar refractivity (Wildman–Crippen MR) is 69.7 cm³/mol. The van der Waals surface area contributed by atoms with Crippen molar-refractivity contribution in [2.45, 2.75) is 19.9 Å². The summed E-state index contributed by atoms with van der Waals surface area (Å²) in [6, 6.07) is 10.4. The molecule has 1 aromatic heterocycles. The smallest absolute Gasteiger partial charge is 0.123 e. The minimum absolute atomic E-state index is 0.910. The van der Waals surface area contributed by atoms with Crippen LogP contribution in [0.3, 0.4) is 0 Å². The Hall–Kier alpha value is -1.19. The molecule has 1 aromatic carbocycles. The van der Waals surface area contributed by atoms with Crippen molar-refractivity contribution in [2.75, 3.05) is 7.05 Å². The summed E-state index contributed by atoms with van der Waals surface area (Å²) in [5, 5.41) is 4.32. The molecule has 0 fully saturated rings. The van der Waals surface area contributed by atoms with E-state index >= 15 is 0 Å². The summed E-state index contributed by atoms with van der Waals surface area (Å²) in [5.74, 6) is 0. The van der Waals surface area contributed by atoms with Crippen molar-refractivity contribution in [1.29, 1.82) is 0 Å². The SMILES string of the molecule is CCc1nc(-c2ccccc2)sc1CNC. The van der Waals surface area contributed by atoms with E-state index in [1.807, 2.05) is 13.1 Å². The number of nitrogens with zero attached hydrogens (tertiary/aromatic N) is 1. The minimum Gasteiger partial charge on any atom is -0.315 e. The second kappa shape index (κ2) is 5.23. The molecule has 0 atom stereocenters. The molecule has 2 rings (SSSR count). The molecule has 3 heteroatoms. The number of nitrogens with one attached hydrogen (secondary N) is 1. The quantitative estimate of drug-likeness (QED) is 0.876. The average molecular weight is 232 g/mol. The average Bonchev–Trinajstić information content (AvgIpc) is 2.74. The second-order valence-electron chi connectivity index (χ2n) is 3.64. The summed E-state index contributed by atoms with van der Waals surface area (Å²) in [5.41, 5.74) is 2.43. The number of aromatic nitrogens is 1. The van der Waals surface area contributed by atoms with Crippen molar-refractivity contribution in [1.82, 2.24) is 10.3 Å². The van der Waals surface area contributed by atoms with Crippen LogP contribution in [-0.2, 0) is 13.0 Å². The second-order valence-corrected chi connectivity index (χ2v) is 4.72. The molecule has 0 aliphatic heterocycles.